The lowest BCUT2D eigenvalue weighted by molar-refractivity contribution is -0.147. The van der Waals surface area contributed by atoms with E-state index in [0.29, 0.717) is 15.0 Å². The summed E-state index contributed by atoms with van der Waals surface area (Å²) in [6.45, 7) is 1.23. The third-order valence-electron chi connectivity index (χ3n) is 2.66. The van der Waals surface area contributed by atoms with Crippen LogP contribution in [0.3, 0.4) is 0 Å². The van der Waals surface area contributed by atoms with E-state index in [2.05, 4.69) is 10.5 Å². The molecule has 0 saturated heterocycles. The Hall–Kier alpha value is -2.19. The maximum Gasteiger partial charge on any atom is 0.306 e. The van der Waals surface area contributed by atoms with E-state index in [-0.39, 0.29) is 24.4 Å². The Morgan fingerprint density at radius 2 is 2.13 bits per heavy atom. The Balaban J connectivity index is 1.68. The van der Waals surface area contributed by atoms with Gasteiger partial charge in [-0.15, -0.1) is 11.3 Å². The van der Waals surface area contributed by atoms with Gasteiger partial charge in [0.25, 0.3) is 5.91 Å². The molecule has 23 heavy (non-hydrogen) atoms. The summed E-state index contributed by atoms with van der Waals surface area (Å²) in [5.74, 6) is -0.574. The maximum absolute atomic E-state index is 11.8. The van der Waals surface area contributed by atoms with E-state index >= 15 is 0 Å². The molecule has 1 amide bonds. The van der Waals surface area contributed by atoms with Crippen LogP contribution < -0.4 is 5.32 Å². The normalized spacial score (nSPS) is 10.3. The molecular formula is C14H13ClN2O5S. The summed E-state index contributed by atoms with van der Waals surface area (Å²) in [7, 11) is 0. The number of nitrogens with one attached hydrogen (secondary N) is 1. The summed E-state index contributed by atoms with van der Waals surface area (Å²) < 4.78 is 10.1. The molecule has 0 spiro atoms. The van der Waals surface area contributed by atoms with Crippen LogP contribution in [0.1, 0.15) is 28.3 Å². The lowest BCUT2D eigenvalue weighted by atomic mass is 10.2. The van der Waals surface area contributed by atoms with Crippen molar-refractivity contribution in [3.8, 4) is 0 Å². The summed E-state index contributed by atoms with van der Waals surface area (Å²) in [6, 6.07) is 4.76. The molecule has 0 unspecified atom stereocenters. The van der Waals surface area contributed by atoms with Crippen LogP contribution in [-0.2, 0) is 14.3 Å². The Morgan fingerprint density at radius 3 is 2.74 bits per heavy atom. The third-order valence-corrected chi connectivity index (χ3v) is 3.94. The van der Waals surface area contributed by atoms with Crippen LogP contribution in [0, 0.1) is 6.92 Å². The second-order valence-electron chi connectivity index (χ2n) is 4.56. The van der Waals surface area contributed by atoms with Gasteiger partial charge in [-0.2, -0.15) is 0 Å². The number of carbonyl (C=O) groups is 3. The number of carbonyl (C=O) groups excluding carboxylic acids is 3. The standard InChI is InChI=1S/C14H13ClN2O5S/c1-8-6-12(17-22-8)16-13(19)7-21-14(20)5-2-9(18)10-3-4-11(15)23-10/h3-4,6H,2,5,7H2,1H3,(H,16,17,19). The van der Waals surface area contributed by atoms with Crippen molar-refractivity contribution >= 4 is 46.4 Å². The minimum atomic E-state index is -0.632. The van der Waals surface area contributed by atoms with Crippen LogP contribution in [0.15, 0.2) is 22.7 Å². The molecule has 0 aliphatic heterocycles. The minimum Gasteiger partial charge on any atom is -0.456 e. The highest BCUT2D eigenvalue weighted by atomic mass is 35.5. The molecule has 0 saturated carbocycles. The van der Waals surface area contributed by atoms with Crippen LogP contribution in [0.4, 0.5) is 5.82 Å². The number of thiophene rings is 1. The van der Waals surface area contributed by atoms with Gasteiger partial charge in [0, 0.05) is 12.5 Å². The van der Waals surface area contributed by atoms with Gasteiger partial charge in [0.05, 0.1) is 15.6 Å². The van der Waals surface area contributed by atoms with E-state index in [4.69, 9.17) is 20.9 Å². The van der Waals surface area contributed by atoms with E-state index in [1.54, 1.807) is 19.1 Å². The molecule has 0 aliphatic carbocycles. The van der Waals surface area contributed by atoms with Crippen LogP contribution in [0.25, 0.3) is 0 Å². The fourth-order valence-corrected chi connectivity index (χ4v) is 2.64. The fraction of sp³-hybridized carbons (Fsp3) is 0.286. The summed E-state index contributed by atoms with van der Waals surface area (Å²) in [6.07, 6.45) is -0.107. The van der Waals surface area contributed by atoms with E-state index in [1.807, 2.05) is 0 Å². The number of rotatable bonds is 7. The molecular weight excluding hydrogens is 344 g/mol. The number of nitrogens with zero attached hydrogens (tertiary/aromatic N) is 1. The second-order valence-corrected chi connectivity index (χ2v) is 6.27. The van der Waals surface area contributed by atoms with Crippen molar-refractivity contribution < 1.29 is 23.6 Å². The van der Waals surface area contributed by atoms with Crippen molar-refractivity contribution in [1.82, 2.24) is 5.16 Å². The lowest BCUT2D eigenvalue weighted by Crippen LogP contribution is -2.21. The predicted octanol–water partition coefficient (Wildman–Crippen LogP) is 2.84. The van der Waals surface area contributed by atoms with E-state index < -0.39 is 18.5 Å². The molecule has 1 N–H and O–H groups in total. The largest absolute Gasteiger partial charge is 0.456 e. The Labute approximate surface area is 140 Å². The highest BCUT2D eigenvalue weighted by Gasteiger charge is 2.14. The van der Waals surface area contributed by atoms with Crippen LogP contribution in [0.2, 0.25) is 4.34 Å². The van der Waals surface area contributed by atoms with Gasteiger partial charge in [-0.3, -0.25) is 14.4 Å². The van der Waals surface area contributed by atoms with Crippen molar-refractivity contribution in [2.45, 2.75) is 19.8 Å². The number of anilines is 1. The first kappa shape index (κ1) is 17.2. The van der Waals surface area contributed by atoms with Gasteiger partial charge < -0.3 is 14.6 Å². The number of esters is 1. The first-order chi connectivity index (χ1) is 10.9. The summed E-state index contributed by atoms with van der Waals surface area (Å²) in [4.78, 5) is 35.4. The molecule has 7 nitrogen and oxygen atoms in total. The van der Waals surface area contributed by atoms with Crippen molar-refractivity contribution in [2.75, 3.05) is 11.9 Å². The number of aryl methyl sites for hydroxylation is 1. The highest BCUT2D eigenvalue weighted by molar-refractivity contribution is 7.18. The predicted molar refractivity (Wildman–Crippen MR) is 83.7 cm³/mol. The lowest BCUT2D eigenvalue weighted by Gasteiger charge is -2.04. The number of ether oxygens (including phenoxy) is 1. The molecule has 2 aromatic rings. The molecule has 0 fully saturated rings. The van der Waals surface area contributed by atoms with Gasteiger partial charge in [0.2, 0.25) is 0 Å². The van der Waals surface area contributed by atoms with Crippen LogP contribution in [-0.4, -0.2) is 29.4 Å². The summed E-state index contributed by atoms with van der Waals surface area (Å²) in [5.41, 5.74) is 0. The molecule has 0 aromatic carbocycles. The summed E-state index contributed by atoms with van der Waals surface area (Å²) in [5, 5.41) is 5.99. The third kappa shape index (κ3) is 5.50. The molecule has 2 aromatic heterocycles. The average Bonchev–Trinajstić information content (AvgIpc) is 3.11. The number of Topliss-reactive ketones (excluding diaryl/α,β-unsaturated/α-hetero) is 1. The zero-order chi connectivity index (χ0) is 16.8. The number of hydrogen-bond acceptors (Lipinski definition) is 7. The molecule has 2 heterocycles. The van der Waals surface area contributed by atoms with Gasteiger partial charge in [0.1, 0.15) is 5.76 Å². The van der Waals surface area contributed by atoms with E-state index in [0.717, 1.165) is 11.3 Å². The number of halogens is 1. The average molecular weight is 357 g/mol. The molecule has 9 heteroatoms. The zero-order valence-corrected chi connectivity index (χ0v) is 13.7. The van der Waals surface area contributed by atoms with Gasteiger partial charge in [0.15, 0.2) is 18.2 Å². The molecule has 0 bridgehead atoms. The van der Waals surface area contributed by atoms with Crippen molar-refractivity contribution in [3.63, 3.8) is 0 Å². The molecule has 0 aliphatic rings. The molecule has 0 atom stereocenters. The van der Waals surface area contributed by atoms with Gasteiger partial charge >= 0.3 is 5.97 Å². The fourth-order valence-electron chi connectivity index (χ4n) is 1.63. The number of amides is 1. The first-order valence-electron chi connectivity index (χ1n) is 6.61. The van der Waals surface area contributed by atoms with Crippen molar-refractivity contribution in [1.29, 1.82) is 0 Å². The number of hydrogen-bond donors (Lipinski definition) is 1. The number of aromatic nitrogens is 1. The summed E-state index contributed by atoms with van der Waals surface area (Å²) >= 11 is 6.89. The van der Waals surface area contributed by atoms with Gasteiger partial charge in [-0.1, -0.05) is 16.8 Å². The maximum atomic E-state index is 11.8. The van der Waals surface area contributed by atoms with E-state index in [9.17, 15) is 14.4 Å². The van der Waals surface area contributed by atoms with Gasteiger partial charge in [-0.25, -0.2) is 0 Å². The second kappa shape index (κ2) is 7.89. The zero-order valence-electron chi connectivity index (χ0n) is 12.1. The highest BCUT2D eigenvalue weighted by Crippen LogP contribution is 2.22. The smallest absolute Gasteiger partial charge is 0.306 e. The number of ketones is 1. The monoisotopic (exact) mass is 356 g/mol. The van der Waals surface area contributed by atoms with Crippen molar-refractivity contribution in [2.24, 2.45) is 0 Å². The van der Waals surface area contributed by atoms with Crippen LogP contribution in [0.5, 0.6) is 0 Å². The van der Waals surface area contributed by atoms with Crippen LogP contribution >= 0.6 is 22.9 Å². The van der Waals surface area contributed by atoms with E-state index in [1.165, 1.54) is 6.07 Å². The van der Waals surface area contributed by atoms with Crippen molar-refractivity contribution in [3.05, 3.63) is 33.2 Å². The SMILES string of the molecule is Cc1cc(NC(=O)COC(=O)CCC(=O)c2ccc(Cl)s2)no1. The Kier molecular flexibility index (Phi) is 5.89. The Morgan fingerprint density at radius 1 is 1.35 bits per heavy atom. The minimum absolute atomic E-state index is 0.000223. The topological polar surface area (TPSA) is 98.5 Å². The quantitative estimate of drug-likeness (QED) is 0.605. The molecule has 122 valence electrons. The van der Waals surface area contributed by atoms with Gasteiger partial charge in [-0.05, 0) is 19.1 Å². The molecule has 2 rings (SSSR count). The Bertz CT molecular complexity index is 724. The first-order valence-corrected chi connectivity index (χ1v) is 7.81. The molecule has 0 radical (unpaired) electrons.